The van der Waals surface area contributed by atoms with Crippen LogP contribution in [0.15, 0.2) is 37.1 Å². The highest BCUT2D eigenvalue weighted by Crippen LogP contribution is 2.18. The van der Waals surface area contributed by atoms with Crippen LogP contribution < -0.4 is 0 Å². The molecule has 4 heteroatoms. The minimum atomic E-state index is 0.184. The fourth-order valence-corrected chi connectivity index (χ4v) is 2.75. The molecule has 20 heavy (non-hydrogen) atoms. The van der Waals surface area contributed by atoms with Crippen molar-refractivity contribution in [2.75, 3.05) is 19.6 Å². The van der Waals surface area contributed by atoms with Gasteiger partial charge in [-0.15, -0.1) is 6.58 Å². The third-order valence-corrected chi connectivity index (χ3v) is 3.88. The zero-order chi connectivity index (χ0) is 14.4. The predicted octanol–water partition coefficient (Wildman–Crippen LogP) is 2.08. The van der Waals surface area contributed by atoms with E-state index in [-0.39, 0.29) is 5.91 Å². The molecule has 1 aromatic heterocycles. The number of rotatable bonds is 5. The van der Waals surface area contributed by atoms with Crippen LogP contribution in [0, 0.1) is 0 Å². The lowest BCUT2D eigenvalue weighted by atomic mass is 10.0. The number of piperidine rings is 1. The molecule has 1 saturated heterocycles. The zero-order valence-corrected chi connectivity index (χ0v) is 12.2. The van der Waals surface area contributed by atoms with Gasteiger partial charge in [0.25, 0.3) is 0 Å². The first-order valence-electron chi connectivity index (χ1n) is 7.21. The Hall–Kier alpha value is -1.68. The van der Waals surface area contributed by atoms with Gasteiger partial charge in [-0.3, -0.25) is 14.7 Å². The molecule has 1 aliphatic heterocycles. The Labute approximate surface area is 121 Å². The molecule has 2 rings (SSSR count). The lowest BCUT2D eigenvalue weighted by Crippen LogP contribution is -2.46. The van der Waals surface area contributed by atoms with E-state index in [1.807, 2.05) is 29.3 Å². The molecular weight excluding hydrogens is 250 g/mol. The monoisotopic (exact) mass is 273 g/mol. The maximum Gasteiger partial charge on any atom is 0.219 e. The standard InChI is InChI=1S/C16H23N3O/c1-3-10-19(13-15-6-4-5-9-17-15)16-7-11-18(12-8-16)14(2)20/h3-6,9,16H,1,7-8,10-13H2,2H3. The Bertz CT molecular complexity index is 438. The van der Waals surface area contributed by atoms with E-state index in [9.17, 15) is 4.79 Å². The summed E-state index contributed by atoms with van der Waals surface area (Å²) in [6, 6.07) is 6.52. The van der Waals surface area contributed by atoms with E-state index in [1.54, 1.807) is 6.92 Å². The highest BCUT2D eigenvalue weighted by molar-refractivity contribution is 5.73. The Morgan fingerprint density at radius 1 is 1.50 bits per heavy atom. The molecule has 108 valence electrons. The van der Waals surface area contributed by atoms with Gasteiger partial charge in [-0.25, -0.2) is 0 Å². The largest absolute Gasteiger partial charge is 0.343 e. The molecule has 0 atom stereocenters. The van der Waals surface area contributed by atoms with Gasteiger partial charge in [-0.05, 0) is 25.0 Å². The van der Waals surface area contributed by atoms with E-state index in [1.165, 1.54) is 0 Å². The quantitative estimate of drug-likeness (QED) is 0.771. The van der Waals surface area contributed by atoms with Crippen molar-refractivity contribution < 1.29 is 4.79 Å². The van der Waals surface area contributed by atoms with Crippen molar-refractivity contribution in [2.24, 2.45) is 0 Å². The van der Waals surface area contributed by atoms with Crippen LogP contribution in [-0.4, -0.2) is 46.4 Å². The molecule has 1 aromatic rings. The highest BCUT2D eigenvalue weighted by atomic mass is 16.2. The van der Waals surface area contributed by atoms with Gasteiger partial charge in [0.05, 0.1) is 5.69 Å². The molecule has 0 radical (unpaired) electrons. The predicted molar refractivity (Wildman–Crippen MR) is 80.1 cm³/mol. The van der Waals surface area contributed by atoms with Gasteiger partial charge < -0.3 is 4.90 Å². The fraction of sp³-hybridized carbons (Fsp3) is 0.500. The SMILES string of the molecule is C=CCN(Cc1ccccn1)C1CCN(C(C)=O)CC1. The van der Waals surface area contributed by atoms with Crippen molar-refractivity contribution in [3.63, 3.8) is 0 Å². The molecule has 4 nitrogen and oxygen atoms in total. The average Bonchev–Trinajstić information content (AvgIpc) is 2.48. The van der Waals surface area contributed by atoms with E-state index in [4.69, 9.17) is 0 Å². The number of hydrogen-bond acceptors (Lipinski definition) is 3. The second-order valence-electron chi connectivity index (χ2n) is 5.28. The second-order valence-corrected chi connectivity index (χ2v) is 5.28. The molecule has 1 aliphatic rings. The van der Waals surface area contributed by atoms with Gasteiger partial charge in [0.1, 0.15) is 0 Å². The molecule has 0 saturated carbocycles. The highest BCUT2D eigenvalue weighted by Gasteiger charge is 2.25. The lowest BCUT2D eigenvalue weighted by Gasteiger charge is -2.37. The summed E-state index contributed by atoms with van der Waals surface area (Å²) in [6.45, 7) is 8.92. The van der Waals surface area contributed by atoms with Gasteiger partial charge in [-0.2, -0.15) is 0 Å². The average molecular weight is 273 g/mol. The number of aromatic nitrogens is 1. The third kappa shape index (κ3) is 3.90. The van der Waals surface area contributed by atoms with Crippen LogP contribution >= 0.6 is 0 Å². The molecule has 2 heterocycles. The van der Waals surface area contributed by atoms with E-state index in [0.717, 1.165) is 44.7 Å². The Balaban J connectivity index is 1.95. The second kappa shape index (κ2) is 7.20. The molecule has 1 fully saturated rings. The number of pyridine rings is 1. The Morgan fingerprint density at radius 3 is 2.80 bits per heavy atom. The minimum absolute atomic E-state index is 0.184. The van der Waals surface area contributed by atoms with Crippen LogP contribution in [0.4, 0.5) is 0 Å². The van der Waals surface area contributed by atoms with E-state index in [2.05, 4.69) is 22.5 Å². The summed E-state index contributed by atoms with van der Waals surface area (Å²) in [6.07, 6.45) is 5.83. The van der Waals surface area contributed by atoms with Gasteiger partial charge in [-0.1, -0.05) is 12.1 Å². The number of amides is 1. The summed E-state index contributed by atoms with van der Waals surface area (Å²) in [5.41, 5.74) is 1.09. The molecule has 0 unspecified atom stereocenters. The Kier molecular flexibility index (Phi) is 5.30. The van der Waals surface area contributed by atoms with Gasteiger partial charge >= 0.3 is 0 Å². The first kappa shape index (κ1) is 14.7. The van der Waals surface area contributed by atoms with E-state index in [0.29, 0.717) is 6.04 Å². The molecule has 0 spiro atoms. The summed E-state index contributed by atoms with van der Waals surface area (Å²) >= 11 is 0. The third-order valence-electron chi connectivity index (χ3n) is 3.88. The van der Waals surface area contributed by atoms with E-state index >= 15 is 0 Å². The van der Waals surface area contributed by atoms with Gasteiger partial charge in [0.2, 0.25) is 5.91 Å². The summed E-state index contributed by atoms with van der Waals surface area (Å²) in [5, 5.41) is 0. The van der Waals surface area contributed by atoms with Crippen molar-refractivity contribution in [1.82, 2.24) is 14.8 Å². The molecule has 0 N–H and O–H groups in total. The van der Waals surface area contributed by atoms with Crippen molar-refractivity contribution >= 4 is 5.91 Å². The maximum atomic E-state index is 11.4. The van der Waals surface area contributed by atoms with Crippen LogP contribution in [0.3, 0.4) is 0 Å². The first-order chi connectivity index (χ1) is 9.70. The summed E-state index contributed by atoms with van der Waals surface area (Å²) in [7, 11) is 0. The molecule has 0 aliphatic carbocycles. The van der Waals surface area contributed by atoms with Gasteiger partial charge in [0.15, 0.2) is 0 Å². The van der Waals surface area contributed by atoms with Crippen LogP contribution in [0.5, 0.6) is 0 Å². The maximum absolute atomic E-state index is 11.4. The Morgan fingerprint density at radius 2 is 2.25 bits per heavy atom. The minimum Gasteiger partial charge on any atom is -0.343 e. The van der Waals surface area contributed by atoms with Crippen molar-refractivity contribution in [2.45, 2.75) is 32.4 Å². The normalized spacial score (nSPS) is 16.4. The summed E-state index contributed by atoms with van der Waals surface area (Å²) in [5.74, 6) is 0.184. The van der Waals surface area contributed by atoms with Gasteiger partial charge in [0, 0.05) is 45.3 Å². The molecule has 0 aromatic carbocycles. The number of hydrogen-bond donors (Lipinski definition) is 0. The number of carbonyl (C=O) groups is 1. The summed E-state index contributed by atoms with van der Waals surface area (Å²) < 4.78 is 0. The topological polar surface area (TPSA) is 36.4 Å². The van der Waals surface area contributed by atoms with E-state index < -0.39 is 0 Å². The molecule has 1 amide bonds. The number of nitrogens with zero attached hydrogens (tertiary/aromatic N) is 3. The van der Waals surface area contributed by atoms with Crippen molar-refractivity contribution in [3.8, 4) is 0 Å². The van der Waals surface area contributed by atoms with Crippen molar-refractivity contribution in [1.29, 1.82) is 0 Å². The van der Waals surface area contributed by atoms with Crippen LogP contribution in [-0.2, 0) is 11.3 Å². The van der Waals surface area contributed by atoms with Crippen LogP contribution in [0.25, 0.3) is 0 Å². The lowest BCUT2D eigenvalue weighted by molar-refractivity contribution is -0.130. The van der Waals surface area contributed by atoms with Crippen LogP contribution in [0.2, 0.25) is 0 Å². The number of likely N-dealkylation sites (tertiary alicyclic amines) is 1. The number of carbonyl (C=O) groups excluding carboxylic acids is 1. The zero-order valence-electron chi connectivity index (χ0n) is 12.2. The molecular formula is C16H23N3O. The summed E-state index contributed by atoms with van der Waals surface area (Å²) in [4.78, 5) is 20.1. The van der Waals surface area contributed by atoms with Crippen LogP contribution in [0.1, 0.15) is 25.5 Å². The fourth-order valence-electron chi connectivity index (χ4n) is 2.75. The first-order valence-corrected chi connectivity index (χ1v) is 7.21. The molecule has 0 bridgehead atoms. The smallest absolute Gasteiger partial charge is 0.219 e. The van der Waals surface area contributed by atoms with Crippen molar-refractivity contribution in [3.05, 3.63) is 42.7 Å².